The Morgan fingerprint density at radius 3 is 2.82 bits per heavy atom. The van der Waals surface area contributed by atoms with Crippen molar-refractivity contribution in [1.29, 1.82) is 5.41 Å². The molecule has 0 aromatic carbocycles. The predicted octanol–water partition coefficient (Wildman–Crippen LogP) is 1.86. The van der Waals surface area contributed by atoms with E-state index in [0.29, 0.717) is 0 Å². The number of rotatable bonds is 1. The Labute approximate surface area is 68.1 Å². The summed E-state index contributed by atoms with van der Waals surface area (Å²) in [5.74, 6) is 1.78. The van der Waals surface area contributed by atoms with Crippen LogP contribution in [0.5, 0.6) is 0 Å². The topological polar surface area (TPSA) is 27.1 Å². The molecule has 0 spiro atoms. The molecule has 2 heteroatoms. The van der Waals surface area contributed by atoms with Gasteiger partial charge in [-0.05, 0) is 25.2 Å². The van der Waals surface area contributed by atoms with E-state index >= 15 is 0 Å². The van der Waals surface area contributed by atoms with Crippen molar-refractivity contribution in [1.82, 2.24) is 4.90 Å². The molecule has 2 nitrogen and oxygen atoms in total. The number of nitrogens with zero attached hydrogens (tertiary/aromatic N) is 1. The molecule has 0 aromatic rings. The summed E-state index contributed by atoms with van der Waals surface area (Å²) in [7, 11) is 0. The van der Waals surface area contributed by atoms with Gasteiger partial charge in [-0.25, -0.2) is 0 Å². The second-order valence-corrected chi connectivity index (χ2v) is 3.79. The molecule has 1 aliphatic carbocycles. The van der Waals surface area contributed by atoms with Crippen molar-refractivity contribution in [3.63, 3.8) is 0 Å². The number of hydrogen-bond acceptors (Lipinski definition) is 1. The van der Waals surface area contributed by atoms with Crippen LogP contribution in [-0.4, -0.2) is 23.3 Å². The summed E-state index contributed by atoms with van der Waals surface area (Å²) in [6.45, 7) is 3.26. The van der Waals surface area contributed by atoms with Crippen molar-refractivity contribution in [2.24, 2.45) is 5.92 Å². The van der Waals surface area contributed by atoms with E-state index < -0.39 is 0 Å². The molecule has 1 N–H and O–H groups in total. The molecule has 2 rings (SSSR count). The first-order valence-corrected chi connectivity index (χ1v) is 4.65. The summed E-state index contributed by atoms with van der Waals surface area (Å²) in [5, 5.41) is 7.71. The summed E-state index contributed by atoms with van der Waals surface area (Å²) in [4.78, 5) is 2.31. The Morgan fingerprint density at radius 1 is 1.55 bits per heavy atom. The number of likely N-dealkylation sites (tertiary alicyclic amines) is 1. The van der Waals surface area contributed by atoms with Crippen LogP contribution in [0.25, 0.3) is 0 Å². The standard InChI is InChI=1S/C9H16N2/c1-2-9(10)11-6-7-3-4-8(11)5-7/h7-8,10H,2-6H2,1H3. The first-order chi connectivity index (χ1) is 5.31. The van der Waals surface area contributed by atoms with Crippen LogP contribution in [0.4, 0.5) is 0 Å². The third-order valence-electron chi connectivity index (χ3n) is 3.09. The van der Waals surface area contributed by atoms with Crippen LogP contribution in [-0.2, 0) is 0 Å². The summed E-state index contributed by atoms with van der Waals surface area (Å²) >= 11 is 0. The van der Waals surface area contributed by atoms with Gasteiger partial charge in [0.25, 0.3) is 0 Å². The van der Waals surface area contributed by atoms with Crippen LogP contribution in [0, 0.1) is 11.3 Å². The maximum Gasteiger partial charge on any atom is 0.0957 e. The Balaban J connectivity index is 2.02. The van der Waals surface area contributed by atoms with Gasteiger partial charge in [-0.2, -0.15) is 0 Å². The number of nitrogens with one attached hydrogen (secondary N) is 1. The Morgan fingerprint density at radius 2 is 2.36 bits per heavy atom. The van der Waals surface area contributed by atoms with Gasteiger partial charge in [-0.3, -0.25) is 5.41 Å². The third kappa shape index (κ3) is 1.05. The van der Waals surface area contributed by atoms with Crippen LogP contribution >= 0.6 is 0 Å². The Bertz CT molecular complexity index is 176. The molecule has 0 aromatic heterocycles. The summed E-state index contributed by atoms with van der Waals surface area (Å²) in [6.07, 6.45) is 5.02. The summed E-state index contributed by atoms with van der Waals surface area (Å²) in [6, 6.07) is 0.743. The van der Waals surface area contributed by atoms with Gasteiger partial charge in [0.05, 0.1) is 5.84 Å². The summed E-state index contributed by atoms with van der Waals surface area (Å²) < 4.78 is 0. The maximum absolute atomic E-state index is 7.71. The van der Waals surface area contributed by atoms with E-state index in [1.54, 1.807) is 0 Å². The second kappa shape index (κ2) is 2.50. The zero-order valence-corrected chi connectivity index (χ0v) is 7.14. The summed E-state index contributed by atoms with van der Waals surface area (Å²) in [5.41, 5.74) is 0. The molecular weight excluding hydrogens is 136 g/mol. The molecule has 2 fully saturated rings. The fourth-order valence-corrected chi connectivity index (χ4v) is 2.46. The molecule has 1 heterocycles. The molecule has 62 valence electrons. The quantitative estimate of drug-likeness (QED) is 0.450. The number of fused-ring (bicyclic) bond motifs is 2. The van der Waals surface area contributed by atoms with Gasteiger partial charge in [0.1, 0.15) is 0 Å². The highest BCUT2D eigenvalue weighted by atomic mass is 15.2. The van der Waals surface area contributed by atoms with Crippen molar-refractivity contribution in [2.75, 3.05) is 6.54 Å². The minimum absolute atomic E-state index is 0.743. The van der Waals surface area contributed by atoms with Gasteiger partial charge in [0.2, 0.25) is 0 Å². The SMILES string of the molecule is CCC(=N)N1CC2CCC1C2. The smallest absolute Gasteiger partial charge is 0.0957 e. The Hall–Kier alpha value is -0.530. The number of amidine groups is 1. The molecule has 2 atom stereocenters. The van der Waals surface area contributed by atoms with E-state index in [1.807, 2.05) is 0 Å². The van der Waals surface area contributed by atoms with Crippen molar-refractivity contribution >= 4 is 5.84 Å². The molecule has 2 unspecified atom stereocenters. The predicted molar refractivity (Wildman–Crippen MR) is 45.9 cm³/mol. The highest BCUT2D eigenvalue weighted by Crippen LogP contribution is 2.37. The monoisotopic (exact) mass is 152 g/mol. The zero-order chi connectivity index (χ0) is 7.84. The van der Waals surface area contributed by atoms with Crippen molar-refractivity contribution < 1.29 is 0 Å². The second-order valence-electron chi connectivity index (χ2n) is 3.79. The highest BCUT2D eigenvalue weighted by Gasteiger charge is 2.38. The van der Waals surface area contributed by atoms with E-state index in [9.17, 15) is 0 Å². The van der Waals surface area contributed by atoms with Gasteiger partial charge in [-0.1, -0.05) is 6.92 Å². The van der Waals surface area contributed by atoms with Crippen molar-refractivity contribution in [2.45, 2.75) is 38.6 Å². The van der Waals surface area contributed by atoms with Crippen molar-refractivity contribution in [3.05, 3.63) is 0 Å². The lowest BCUT2D eigenvalue weighted by molar-refractivity contribution is 0.321. The maximum atomic E-state index is 7.71. The van der Waals surface area contributed by atoms with Crippen molar-refractivity contribution in [3.8, 4) is 0 Å². The van der Waals surface area contributed by atoms with Gasteiger partial charge in [-0.15, -0.1) is 0 Å². The molecule has 2 aliphatic rings. The lowest BCUT2D eigenvalue weighted by Gasteiger charge is -2.28. The van der Waals surface area contributed by atoms with Crippen LogP contribution in [0.2, 0.25) is 0 Å². The largest absolute Gasteiger partial charge is 0.357 e. The number of piperidine rings is 1. The van der Waals surface area contributed by atoms with Gasteiger partial charge < -0.3 is 4.90 Å². The van der Waals surface area contributed by atoms with Crippen LogP contribution in [0.15, 0.2) is 0 Å². The third-order valence-corrected chi connectivity index (χ3v) is 3.09. The zero-order valence-electron chi connectivity index (χ0n) is 7.14. The minimum atomic E-state index is 0.743. The molecule has 0 amide bonds. The Kier molecular flexibility index (Phi) is 1.63. The fraction of sp³-hybridized carbons (Fsp3) is 0.889. The van der Waals surface area contributed by atoms with Crippen LogP contribution in [0.1, 0.15) is 32.6 Å². The van der Waals surface area contributed by atoms with Crippen LogP contribution < -0.4 is 0 Å². The minimum Gasteiger partial charge on any atom is -0.357 e. The van der Waals surface area contributed by atoms with Gasteiger partial charge in [0, 0.05) is 19.0 Å². The van der Waals surface area contributed by atoms with Gasteiger partial charge >= 0.3 is 0 Å². The molecule has 2 bridgehead atoms. The molecule has 11 heavy (non-hydrogen) atoms. The molecule has 0 radical (unpaired) electrons. The van der Waals surface area contributed by atoms with E-state index in [0.717, 1.165) is 24.2 Å². The first kappa shape index (κ1) is 7.14. The molecular formula is C9H16N2. The average Bonchev–Trinajstić information content (AvgIpc) is 2.62. The average molecular weight is 152 g/mol. The van der Waals surface area contributed by atoms with E-state index in [2.05, 4.69) is 11.8 Å². The normalized spacial score (nSPS) is 34.8. The molecule has 1 aliphatic heterocycles. The fourth-order valence-electron chi connectivity index (χ4n) is 2.46. The van der Waals surface area contributed by atoms with Crippen LogP contribution in [0.3, 0.4) is 0 Å². The molecule has 1 saturated heterocycles. The van der Waals surface area contributed by atoms with E-state index in [4.69, 9.17) is 5.41 Å². The van der Waals surface area contributed by atoms with E-state index in [1.165, 1.54) is 25.8 Å². The lowest BCUT2D eigenvalue weighted by atomic mass is 10.1. The lowest BCUT2D eigenvalue weighted by Crippen LogP contribution is -2.36. The first-order valence-electron chi connectivity index (χ1n) is 4.65. The highest BCUT2D eigenvalue weighted by molar-refractivity contribution is 5.79. The van der Waals surface area contributed by atoms with Gasteiger partial charge in [0.15, 0.2) is 0 Å². The number of hydrogen-bond donors (Lipinski definition) is 1. The van der Waals surface area contributed by atoms with E-state index in [-0.39, 0.29) is 0 Å². The molecule has 1 saturated carbocycles.